The summed E-state index contributed by atoms with van der Waals surface area (Å²) in [5, 5.41) is 12.5. The van der Waals surface area contributed by atoms with Crippen LogP contribution in [0.5, 0.6) is 0 Å². The summed E-state index contributed by atoms with van der Waals surface area (Å²) < 4.78 is 7.32. The molecule has 12 heteroatoms. The molecule has 0 unspecified atom stereocenters. The van der Waals surface area contributed by atoms with Crippen molar-refractivity contribution in [3.8, 4) is 11.4 Å². The van der Waals surface area contributed by atoms with Crippen molar-refractivity contribution in [2.24, 2.45) is 0 Å². The lowest BCUT2D eigenvalue weighted by atomic mass is 10.0. The van der Waals surface area contributed by atoms with E-state index in [1.807, 2.05) is 91.9 Å². The van der Waals surface area contributed by atoms with Crippen LogP contribution < -0.4 is 16.3 Å². The normalized spacial score (nSPS) is 12.4. The molecule has 9 nitrogen and oxygen atoms in total. The van der Waals surface area contributed by atoms with Crippen LogP contribution in [-0.2, 0) is 12.8 Å². The maximum atomic E-state index is 13.4. The zero-order valence-electron chi connectivity index (χ0n) is 39.2. The molecule has 4 heterocycles. The van der Waals surface area contributed by atoms with Gasteiger partial charge in [-0.15, -0.1) is 0 Å². The Kier molecular flexibility index (Phi) is 14.7. The van der Waals surface area contributed by atoms with Crippen LogP contribution in [0.1, 0.15) is 80.5 Å². The van der Waals surface area contributed by atoms with E-state index in [1.54, 1.807) is 35.4 Å². The fraction of sp³-hybridized carbons (Fsp3) is 0.259. The third-order valence-corrected chi connectivity index (χ3v) is 14.6. The largest absolute Gasteiger partial charge is 0.394 e. The smallest absolute Gasteiger partial charge is 0.254 e. The minimum atomic E-state index is -1.37. The highest BCUT2D eigenvalue weighted by Crippen LogP contribution is 2.24. The van der Waals surface area contributed by atoms with Crippen LogP contribution in [0.15, 0.2) is 144 Å². The molecular weight excluding hydrogens is 880 g/mol. The molecule has 0 fully saturated rings. The Bertz CT molecular complexity index is 3110. The van der Waals surface area contributed by atoms with Gasteiger partial charge in [0.25, 0.3) is 11.1 Å². The summed E-state index contributed by atoms with van der Waals surface area (Å²) in [4.78, 5) is 35.4. The van der Waals surface area contributed by atoms with Crippen LogP contribution in [0.25, 0.3) is 11.4 Å². The summed E-state index contributed by atoms with van der Waals surface area (Å²) >= 11 is 12.9. The van der Waals surface area contributed by atoms with Crippen molar-refractivity contribution in [1.29, 1.82) is 0 Å². The number of aromatic nitrogens is 6. The van der Waals surface area contributed by atoms with Gasteiger partial charge in [-0.2, -0.15) is 0 Å². The second-order valence-corrected chi connectivity index (χ2v) is 24.3. The quantitative estimate of drug-likeness (QED) is 0.123. The molecule has 66 heavy (non-hydrogen) atoms. The molecule has 4 aromatic carbocycles. The van der Waals surface area contributed by atoms with Gasteiger partial charge in [0.2, 0.25) is 0 Å². The molecule has 8 rings (SSSR count). The van der Waals surface area contributed by atoms with Crippen molar-refractivity contribution in [3.63, 3.8) is 0 Å². The zero-order chi connectivity index (χ0) is 47.4. The van der Waals surface area contributed by atoms with Crippen LogP contribution >= 0.6 is 23.2 Å². The van der Waals surface area contributed by atoms with E-state index in [0.717, 1.165) is 61.7 Å². The van der Waals surface area contributed by atoms with Gasteiger partial charge < -0.3 is 23.4 Å². The van der Waals surface area contributed by atoms with Gasteiger partial charge in [0, 0.05) is 60.1 Å². The lowest BCUT2D eigenvalue weighted by Gasteiger charge is -2.20. The van der Waals surface area contributed by atoms with Crippen LogP contribution in [0, 0.1) is 34.6 Å². The van der Waals surface area contributed by atoms with Gasteiger partial charge in [-0.1, -0.05) is 126 Å². The molecule has 0 radical (unpaired) electrons. The third-order valence-electron chi connectivity index (χ3n) is 12.1. The van der Waals surface area contributed by atoms with Crippen molar-refractivity contribution in [1.82, 2.24) is 28.2 Å². The van der Waals surface area contributed by atoms with E-state index in [4.69, 9.17) is 23.2 Å². The second-order valence-electron chi connectivity index (χ2n) is 18.4. The van der Waals surface area contributed by atoms with Crippen molar-refractivity contribution in [3.05, 3.63) is 227 Å². The van der Waals surface area contributed by atoms with E-state index in [9.17, 15) is 14.7 Å². The first-order valence-corrected chi connectivity index (χ1v) is 26.4. The average molecular weight is 938 g/mol. The fourth-order valence-corrected chi connectivity index (χ4v) is 10.0. The van der Waals surface area contributed by atoms with Gasteiger partial charge >= 0.3 is 0 Å². The Balaban J connectivity index is 0.000000197. The average Bonchev–Trinajstić information content (AvgIpc) is 3.91. The molecule has 0 amide bonds. The zero-order valence-corrected chi connectivity index (χ0v) is 41.7. The number of benzene rings is 4. The predicted octanol–water partition coefficient (Wildman–Crippen LogP) is 10.8. The molecule has 0 saturated heterocycles. The van der Waals surface area contributed by atoms with Crippen LogP contribution in [0.4, 0.5) is 0 Å². The maximum absolute atomic E-state index is 13.4. The summed E-state index contributed by atoms with van der Waals surface area (Å²) in [6.45, 7) is 18.9. The number of aliphatic hydroxyl groups is 1. The SMILES string of the molecule is Cc1ccc([C@H](CO)n2cc(Cl)cc(Cc3ccc(-n4cnc(C)c4)c(C)c3)c2=O)cc1.Cc1cn(-c2ccc(Cc3cc(Cl)cn([C@@H](C)c4ccc([Si](C)(C)C)cc4)c3=O)cc2C)cn1. The van der Waals surface area contributed by atoms with E-state index >= 15 is 0 Å². The second kappa shape index (κ2) is 20.2. The van der Waals surface area contributed by atoms with E-state index in [1.165, 1.54) is 9.75 Å². The minimum absolute atomic E-state index is 0.00173. The van der Waals surface area contributed by atoms with Crippen molar-refractivity contribution in [2.75, 3.05) is 6.61 Å². The molecule has 8 aromatic rings. The maximum Gasteiger partial charge on any atom is 0.254 e. The number of imidazole rings is 2. The van der Waals surface area contributed by atoms with Gasteiger partial charge in [0.05, 0.1) is 60.9 Å². The topological polar surface area (TPSA) is 99.9 Å². The summed E-state index contributed by atoms with van der Waals surface area (Å²) in [5.41, 5.74) is 12.6. The summed E-state index contributed by atoms with van der Waals surface area (Å²) in [7, 11) is -1.37. The summed E-state index contributed by atoms with van der Waals surface area (Å²) in [6, 6.07) is 31.9. The molecule has 4 aromatic heterocycles. The molecular formula is C54H58Cl2N6O3Si. The number of halogens is 2. The summed E-state index contributed by atoms with van der Waals surface area (Å²) in [5.74, 6) is 0. The first-order valence-electron chi connectivity index (χ1n) is 22.2. The number of hydrogen-bond acceptors (Lipinski definition) is 5. The van der Waals surface area contributed by atoms with E-state index in [0.29, 0.717) is 34.0 Å². The van der Waals surface area contributed by atoms with E-state index in [2.05, 4.69) is 92.0 Å². The first-order chi connectivity index (χ1) is 31.4. The van der Waals surface area contributed by atoms with Crippen molar-refractivity contribution in [2.45, 2.75) is 86.1 Å². The van der Waals surface area contributed by atoms with Gasteiger partial charge in [0.1, 0.15) is 0 Å². The Hall–Kier alpha value is -6.04. The molecule has 340 valence electrons. The molecule has 0 saturated carbocycles. The lowest BCUT2D eigenvalue weighted by molar-refractivity contribution is 0.247. The van der Waals surface area contributed by atoms with Gasteiger partial charge in [0.15, 0.2) is 0 Å². The van der Waals surface area contributed by atoms with Crippen molar-refractivity contribution < 1.29 is 5.11 Å². The highest BCUT2D eigenvalue weighted by Gasteiger charge is 2.20. The van der Waals surface area contributed by atoms with Gasteiger partial charge in [-0.05, 0) is 99.2 Å². The lowest BCUT2D eigenvalue weighted by Crippen LogP contribution is -2.37. The number of nitrogens with zero attached hydrogens (tertiary/aromatic N) is 6. The summed E-state index contributed by atoms with van der Waals surface area (Å²) in [6.07, 6.45) is 12.0. The molecule has 1 N–H and O–H groups in total. The Morgan fingerprint density at radius 1 is 0.591 bits per heavy atom. The molecule has 2 atom stereocenters. The molecule has 0 aliphatic heterocycles. The highest BCUT2D eigenvalue weighted by molar-refractivity contribution is 6.88. The van der Waals surface area contributed by atoms with E-state index in [-0.39, 0.29) is 23.8 Å². The number of hydrogen-bond donors (Lipinski definition) is 1. The molecule has 0 aliphatic carbocycles. The number of aryl methyl sites for hydroxylation is 5. The first kappa shape index (κ1) is 47.9. The Morgan fingerprint density at radius 2 is 1.05 bits per heavy atom. The number of pyridine rings is 2. The number of aliphatic hydroxyl groups excluding tert-OH is 1. The monoisotopic (exact) mass is 936 g/mol. The fourth-order valence-electron chi connectivity index (χ4n) is 8.36. The predicted molar refractivity (Wildman–Crippen MR) is 273 cm³/mol. The molecule has 0 spiro atoms. The Labute approximate surface area is 398 Å². The highest BCUT2D eigenvalue weighted by atomic mass is 35.5. The standard InChI is InChI=1S/C28H32ClN3OSi.C26H26ClN3O2/c1-19-13-22(7-12-27(19)31-16-20(2)30-18-31)14-24-15-25(29)17-32(28(24)33)21(3)23-8-10-26(11-9-23)34(4,5)6;1-17-4-7-21(8-5-17)25(15-31)30-14-23(27)12-22(26(30)32)11-20-6-9-24(18(2)10-20)29-13-19(3)28-16-29/h7-13,15-18,21H,14H2,1-6H3;4-10,12-14,16,25,31H,11,15H2,1-3H3/t21-;25-/m00/s1. The van der Waals surface area contributed by atoms with E-state index < -0.39 is 14.1 Å². The Morgan fingerprint density at radius 3 is 1.47 bits per heavy atom. The van der Waals surface area contributed by atoms with Gasteiger partial charge in [-0.25, -0.2) is 9.97 Å². The van der Waals surface area contributed by atoms with Crippen LogP contribution in [0.3, 0.4) is 0 Å². The van der Waals surface area contributed by atoms with Crippen LogP contribution in [-0.4, -0.2) is 48.0 Å². The molecule has 0 aliphatic rings. The number of rotatable bonds is 12. The van der Waals surface area contributed by atoms with Crippen LogP contribution in [0.2, 0.25) is 29.7 Å². The third kappa shape index (κ3) is 11.1. The van der Waals surface area contributed by atoms with Crippen molar-refractivity contribution >= 4 is 36.5 Å². The van der Waals surface area contributed by atoms with Gasteiger partial charge in [-0.3, -0.25) is 9.59 Å². The molecule has 0 bridgehead atoms. The minimum Gasteiger partial charge on any atom is -0.394 e.